The molecule has 0 atom stereocenters. The van der Waals surface area contributed by atoms with Crippen LogP contribution in [0.15, 0.2) is 42.5 Å². The van der Waals surface area contributed by atoms with Gasteiger partial charge in [0.25, 0.3) is 0 Å². The Morgan fingerprint density at radius 1 is 1.03 bits per heavy atom. The van der Waals surface area contributed by atoms with Crippen LogP contribution < -0.4 is 15.0 Å². The van der Waals surface area contributed by atoms with Crippen LogP contribution in [-0.2, 0) is 11.2 Å². The lowest BCUT2D eigenvalue weighted by atomic mass is 10.0. The first-order valence-electron chi connectivity index (χ1n) is 11.0. The smallest absolute Gasteiger partial charge is 0.321 e. The zero-order chi connectivity index (χ0) is 22.6. The number of aryl methyl sites for hydroxylation is 1. The monoisotopic (exact) mass is 426 g/mol. The molecule has 0 spiro atoms. The van der Waals surface area contributed by atoms with Crippen LogP contribution in [0.1, 0.15) is 51.0 Å². The topological polar surface area (TPSA) is 78.9 Å². The van der Waals surface area contributed by atoms with Gasteiger partial charge in [-0.25, -0.2) is 4.79 Å². The SMILES string of the molecule is CCCCCCCNC(=O)N(C)c1cccc(-c2ccc(CCC(=O)O)c(OC)c2)c1. The third-order valence-corrected chi connectivity index (χ3v) is 5.32. The molecular formula is C25H34N2O4. The number of rotatable bonds is 12. The Bertz CT molecular complexity index is 866. The van der Waals surface area contributed by atoms with Crippen LogP contribution in [0, 0.1) is 0 Å². The molecule has 2 N–H and O–H groups in total. The second-order valence-electron chi connectivity index (χ2n) is 7.68. The molecule has 6 heteroatoms. The number of aliphatic carboxylic acids is 1. The largest absolute Gasteiger partial charge is 0.496 e. The zero-order valence-corrected chi connectivity index (χ0v) is 18.8. The van der Waals surface area contributed by atoms with Crippen molar-refractivity contribution in [3.63, 3.8) is 0 Å². The number of anilines is 1. The highest BCUT2D eigenvalue weighted by Gasteiger charge is 2.12. The highest BCUT2D eigenvalue weighted by Crippen LogP contribution is 2.30. The highest BCUT2D eigenvalue weighted by atomic mass is 16.5. The van der Waals surface area contributed by atoms with Crippen LogP contribution in [0.2, 0.25) is 0 Å². The van der Waals surface area contributed by atoms with Crippen LogP contribution in [0.25, 0.3) is 11.1 Å². The second kappa shape index (κ2) is 12.6. The number of carboxylic acid groups (broad SMARTS) is 1. The van der Waals surface area contributed by atoms with E-state index in [1.165, 1.54) is 19.3 Å². The van der Waals surface area contributed by atoms with Crippen molar-refractivity contribution in [1.82, 2.24) is 5.32 Å². The molecule has 0 fully saturated rings. The fraction of sp³-hybridized carbons (Fsp3) is 0.440. The van der Waals surface area contributed by atoms with E-state index in [1.807, 2.05) is 42.5 Å². The molecule has 2 amide bonds. The lowest BCUT2D eigenvalue weighted by Gasteiger charge is -2.19. The van der Waals surface area contributed by atoms with Crippen molar-refractivity contribution < 1.29 is 19.4 Å². The summed E-state index contributed by atoms with van der Waals surface area (Å²) in [5.41, 5.74) is 3.57. The van der Waals surface area contributed by atoms with Gasteiger partial charge in [-0.2, -0.15) is 0 Å². The molecule has 0 unspecified atom stereocenters. The molecule has 0 heterocycles. The van der Waals surface area contributed by atoms with Gasteiger partial charge in [0, 0.05) is 25.7 Å². The molecule has 2 aromatic rings. The van der Waals surface area contributed by atoms with Gasteiger partial charge < -0.3 is 15.2 Å². The number of carboxylic acids is 1. The molecule has 0 aliphatic rings. The lowest BCUT2D eigenvalue weighted by Crippen LogP contribution is -2.37. The average Bonchev–Trinajstić information content (AvgIpc) is 2.79. The third-order valence-electron chi connectivity index (χ3n) is 5.32. The zero-order valence-electron chi connectivity index (χ0n) is 18.8. The summed E-state index contributed by atoms with van der Waals surface area (Å²) in [6.45, 7) is 2.87. The third kappa shape index (κ3) is 7.63. The molecule has 0 saturated heterocycles. The summed E-state index contributed by atoms with van der Waals surface area (Å²) in [6, 6.07) is 13.4. The quantitative estimate of drug-likeness (QED) is 0.440. The van der Waals surface area contributed by atoms with Gasteiger partial charge in [0.1, 0.15) is 5.75 Å². The predicted octanol–water partition coefficient (Wildman–Crippen LogP) is 5.50. The van der Waals surface area contributed by atoms with Crippen LogP contribution in [-0.4, -0.2) is 37.8 Å². The van der Waals surface area contributed by atoms with E-state index in [4.69, 9.17) is 9.84 Å². The molecule has 0 radical (unpaired) electrons. The molecule has 31 heavy (non-hydrogen) atoms. The number of carbonyl (C=O) groups is 2. The molecule has 0 bridgehead atoms. The van der Waals surface area contributed by atoms with E-state index in [0.29, 0.717) is 18.7 Å². The Morgan fingerprint density at radius 3 is 2.48 bits per heavy atom. The van der Waals surface area contributed by atoms with Crippen LogP contribution in [0.5, 0.6) is 5.75 Å². The number of nitrogens with zero attached hydrogens (tertiary/aromatic N) is 1. The van der Waals surface area contributed by atoms with Gasteiger partial charge in [0.15, 0.2) is 0 Å². The van der Waals surface area contributed by atoms with Crippen molar-refractivity contribution in [3.8, 4) is 16.9 Å². The minimum atomic E-state index is -0.832. The Kier molecular flexibility index (Phi) is 9.88. The number of unbranched alkanes of at least 4 members (excludes halogenated alkanes) is 4. The number of methoxy groups -OCH3 is 1. The van der Waals surface area contributed by atoms with E-state index >= 15 is 0 Å². The molecule has 2 aromatic carbocycles. The van der Waals surface area contributed by atoms with Crippen molar-refractivity contribution in [2.45, 2.75) is 51.9 Å². The number of urea groups is 1. The van der Waals surface area contributed by atoms with Crippen molar-refractivity contribution in [1.29, 1.82) is 0 Å². The lowest BCUT2D eigenvalue weighted by molar-refractivity contribution is -0.136. The Labute approximate surface area is 185 Å². The number of hydrogen-bond donors (Lipinski definition) is 2. The van der Waals surface area contributed by atoms with Crippen molar-refractivity contribution >= 4 is 17.7 Å². The number of hydrogen-bond acceptors (Lipinski definition) is 3. The Balaban J connectivity index is 2.05. The number of ether oxygens (including phenoxy) is 1. The first kappa shape index (κ1) is 24.3. The summed E-state index contributed by atoms with van der Waals surface area (Å²) in [6.07, 6.45) is 6.27. The van der Waals surface area contributed by atoms with E-state index in [9.17, 15) is 9.59 Å². The summed E-state index contributed by atoms with van der Waals surface area (Å²) in [7, 11) is 3.35. The van der Waals surface area contributed by atoms with Gasteiger partial charge in [-0.05, 0) is 47.7 Å². The molecular weight excluding hydrogens is 392 g/mol. The number of nitrogens with one attached hydrogen (secondary N) is 1. The molecule has 0 saturated carbocycles. The summed E-state index contributed by atoms with van der Waals surface area (Å²) in [4.78, 5) is 25.0. The highest BCUT2D eigenvalue weighted by molar-refractivity contribution is 5.92. The molecule has 0 aromatic heterocycles. The van der Waals surface area contributed by atoms with Crippen molar-refractivity contribution in [2.24, 2.45) is 0 Å². The number of carbonyl (C=O) groups excluding carboxylic acids is 1. The van der Waals surface area contributed by atoms with Crippen LogP contribution in [0.4, 0.5) is 10.5 Å². The molecule has 6 nitrogen and oxygen atoms in total. The van der Waals surface area contributed by atoms with Gasteiger partial charge in [-0.1, -0.05) is 56.9 Å². The van der Waals surface area contributed by atoms with Crippen molar-refractivity contribution in [3.05, 3.63) is 48.0 Å². The van der Waals surface area contributed by atoms with Gasteiger partial charge in [-0.3, -0.25) is 9.69 Å². The fourth-order valence-electron chi connectivity index (χ4n) is 3.43. The number of benzene rings is 2. The van der Waals surface area contributed by atoms with Crippen LogP contribution >= 0.6 is 0 Å². The Hall–Kier alpha value is -3.02. The average molecular weight is 427 g/mol. The van der Waals surface area contributed by atoms with Crippen molar-refractivity contribution in [2.75, 3.05) is 25.6 Å². The molecule has 2 rings (SSSR count). The summed E-state index contributed by atoms with van der Waals surface area (Å²) < 4.78 is 5.47. The molecule has 0 aliphatic carbocycles. The maximum Gasteiger partial charge on any atom is 0.321 e. The normalized spacial score (nSPS) is 10.5. The first-order valence-corrected chi connectivity index (χ1v) is 11.0. The summed E-state index contributed by atoms with van der Waals surface area (Å²) in [5, 5.41) is 11.9. The van der Waals surface area contributed by atoms with E-state index in [1.54, 1.807) is 19.1 Å². The van der Waals surface area contributed by atoms with E-state index in [-0.39, 0.29) is 12.5 Å². The van der Waals surface area contributed by atoms with Gasteiger partial charge >= 0.3 is 12.0 Å². The van der Waals surface area contributed by atoms with Gasteiger partial charge in [0.2, 0.25) is 0 Å². The van der Waals surface area contributed by atoms with E-state index < -0.39 is 5.97 Å². The van der Waals surface area contributed by atoms with Crippen LogP contribution in [0.3, 0.4) is 0 Å². The van der Waals surface area contributed by atoms with E-state index in [2.05, 4.69) is 12.2 Å². The van der Waals surface area contributed by atoms with Gasteiger partial charge in [-0.15, -0.1) is 0 Å². The summed E-state index contributed by atoms with van der Waals surface area (Å²) in [5.74, 6) is -0.167. The maximum atomic E-state index is 12.5. The standard InChI is InChI=1S/C25H34N2O4/c1-4-5-6-7-8-16-26-25(30)27(2)22-11-9-10-20(17-22)21-13-12-19(14-15-24(28)29)23(18-21)31-3/h9-13,17-18H,4-8,14-16H2,1-3H3,(H,26,30)(H,28,29). The minimum absolute atomic E-state index is 0.0592. The maximum absolute atomic E-state index is 12.5. The second-order valence-corrected chi connectivity index (χ2v) is 7.68. The van der Waals surface area contributed by atoms with E-state index in [0.717, 1.165) is 35.2 Å². The Morgan fingerprint density at radius 2 is 1.77 bits per heavy atom. The fourth-order valence-corrected chi connectivity index (χ4v) is 3.43. The molecule has 0 aliphatic heterocycles. The predicted molar refractivity (Wildman–Crippen MR) is 125 cm³/mol. The summed E-state index contributed by atoms with van der Waals surface area (Å²) >= 11 is 0. The van der Waals surface area contributed by atoms with Gasteiger partial charge in [0.05, 0.1) is 7.11 Å². The number of amides is 2. The minimum Gasteiger partial charge on any atom is -0.496 e. The first-order chi connectivity index (χ1) is 15.0. The molecule has 168 valence electrons.